The molecule has 1 heterocycles. The molecular formula is C14H19ClFNO. The number of nitrogens with zero attached hydrogens (tertiary/aromatic N) is 1. The van der Waals surface area contributed by atoms with E-state index in [2.05, 4.69) is 11.8 Å². The summed E-state index contributed by atoms with van der Waals surface area (Å²) in [6.07, 6.45) is 1.72. The van der Waals surface area contributed by atoms with Gasteiger partial charge in [0, 0.05) is 24.5 Å². The maximum Gasteiger partial charge on any atom is 0.126 e. The molecule has 0 bridgehead atoms. The van der Waals surface area contributed by atoms with E-state index in [1.54, 1.807) is 6.07 Å². The van der Waals surface area contributed by atoms with Crippen LogP contribution < -0.4 is 0 Å². The third kappa shape index (κ3) is 3.22. The monoisotopic (exact) mass is 271 g/mol. The number of hydrogen-bond donors (Lipinski definition) is 1. The minimum absolute atomic E-state index is 0.286. The van der Waals surface area contributed by atoms with E-state index in [0.29, 0.717) is 29.8 Å². The molecule has 1 fully saturated rings. The Labute approximate surface area is 112 Å². The van der Waals surface area contributed by atoms with Gasteiger partial charge < -0.3 is 10.0 Å². The van der Waals surface area contributed by atoms with Crippen molar-refractivity contribution in [2.75, 3.05) is 19.6 Å². The molecule has 0 saturated carbocycles. The molecule has 0 spiro atoms. The molecule has 0 atom stereocenters. The maximum absolute atomic E-state index is 13.7. The van der Waals surface area contributed by atoms with E-state index < -0.39 is 5.60 Å². The van der Waals surface area contributed by atoms with Gasteiger partial charge in [-0.25, -0.2) is 4.39 Å². The van der Waals surface area contributed by atoms with E-state index >= 15 is 0 Å². The maximum atomic E-state index is 13.7. The van der Waals surface area contributed by atoms with E-state index in [1.807, 2.05) is 0 Å². The van der Waals surface area contributed by atoms with Gasteiger partial charge in [-0.1, -0.05) is 18.5 Å². The normalized spacial score (nSPS) is 20.0. The molecule has 1 N–H and O–H groups in total. The summed E-state index contributed by atoms with van der Waals surface area (Å²) in [5.74, 6) is -0.286. The van der Waals surface area contributed by atoms with Gasteiger partial charge in [0.25, 0.3) is 0 Å². The van der Waals surface area contributed by atoms with Gasteiger partial charge in [0.1, 0.15) is 5.82 Å². The molecule has 1 aliphatic rings. The summed E-state index contributed by atoms with van der Waals surface area (Å²) in [4.78, 5) is 2.29. The quantitative estimate of drug-likeness (QED) is 0.914. The second-order valence-corrected chi connectivity index (χ2v) is 5.51. The van der Waals surface area contributed by atoms with Crippen LogP contribution in [0, 0.1) is 5.82 Å². The fraction of sp³-hybridized carbons (Fsp3) is 0.571. The summed E-state index contributed by atoms with van der Waals surface area (Å²) in [7, 11) is 0. The molecule has 0 radical (unpaired) electrons. The van der Waals surface area contributed by atoms with Gasteiger partial charge in [-0.3, -0.25) is 0 Å². The predicted molar refractivity (Wildman–Crippen MR) is 71.4 cm³/mol. The van der Waals surface area contributed by atoms with Gasteiger partial charge in [-0.15, -0.1) is 0 Å². The highest BCUT2D eigenvalue weighted by atomic mass is 35.5. The number of piperidine rings is 1. The standard InChI is InChI=1S/C14H19ClFNO/c1-2-17-7-5-14(18,6-8-17)10-11-9-12(15)3-4-13(11)16/h3-4,9,18H,2,5-8,10H2,1H3. The third-order valence-corrected chi connectivity index (χ3v) is 4.00. The molecule has 0 amide bonds. The topological polar surface area (TPSA) is 23.5 Å². The second-order valence-electron chi connectivity index (χ2n) is 5.07. The minimum atomic E-state index is -0.794. The first-order valence-electron chi connectivity index (χ1n) is 6.41. The summed E-state index contributed by atoms with van der Waals surface area (Å²) in [6, 6.07) is 4.51. The SMILES string of the molecule is CCN1CCC(O)(Cc2cc(Cl)ccc2F)CC1. The van der Waals surface area contributed by atoms with Crippen LogP contribution in [0.4, 0.5) is 4.39 Å². The van der Waals surface area contributed by atoms with Crippen molar-refractivity contribution in [3.05, 3.63) is 34.6 Å². The molecule has 18 heavy (non-hydrogen) atoms. The number of likely N-dealkylation sites (tertiary alicyclic amines) is 1. The Hall–Kier alpha value is -0.640. The molecule has 0 aliphatic carbocycles. The van der Waals surface area contributed by atoms with Gasteiger partial charge in [0.15, 0.2) is 0 Å². The van der Waals surface area contributed by atoms with Crippen LogP contribution in [0.15, 0.2) is 18.2 Å². The van der Waals surface area contributed by atoms with Crippen LogP contribution in [0.5, 0.6) is 0 Å². The lowest BCUT2D eigenvalue weighted by molar-refractivity contribution is -0.0199. The first-order valence-corrected chi connectivity index (χ1v) is 6.79. The average molecular weight is 272 g/mol. The van der Waals surface area contributed by atoms with Crippen molar-refractivity contribution in [1.29, 1.82) is 0 Å². The Morgan fingerprint density at radius 3 is 2.67 bits per heavy atom. The fourth-order valence-corrected chi connectivity index (χ4v) is 2.69. The molecule has 1 aromatic carbocycles. The van der Waals surface area contributed by atoms with Crippen molar-refractivity contribution in [3.8, 4) is 0 Å². The molecule has 1 aliphatic heterocycles. The lowest BCUT2D eigenvalue weighted by Crippen LogP contribution is -2.45. The molecule has 0 unspecified atom stereocenters. The number of rotatable bonds is 3. The van der Waals surface area contributed by atoms with Gasteiger partial charge in [-0.2, -0.15) is 0 Å². The highest BCUT2D eigenvalue weighted by Gasteiger charge is 2.32. The Morgan fingerprint density at radius 2 is 2.06 bits per heavy atom. The van der Waals surface area contributed by atoms with Gasteiger partial charge in [0.2, 0.25) is 0 Å². The van der Waals surface area contributed by atoms with E-state index in [4.69, 9.17) is 11.6 Å². The number of benzene rings is 1. The molecular weight excluding hydrogens is 253 g/mol. The van der Waals surface area contributed by atoms with Crippen LogP contribution in [0.2, 0.25) is 5.02 Å². The summed E-state index contributed by atoms with van der Waals surface area (Å²) in [6.45, 7) is 4.85. The van der Waals surface area contributed by atoms with Gasteiger partial charge in [0.05, 0.1) is 5.60 Å². The summed E-state index contributed by atoms with van der Waals surface area (Å²) in [5, 5.41) is 11.0. The van der Waals surface area contributed by atoms with E-state index in [9.17, 15) is 9.50 Å². The third-order valence-electron chi connectivity index (χ3n) is 3.76. The summed E-state index contributed by atoms with van der Waals surface area (Å²) >= 11 is 5.87. The Kier molecular flexibility index (Phi) is 4.25. The first kappa shape index (κ1) is 13.8. The Balaban J connectivity index is 2.06. The fourth-order valence-electron chi connectivity index (χ4n) is 2.50. The van der Waals surface area contributed by atoms with Crippen molar-refractivity contribution < 1.29 is 9.50 Å². The average Bonchev–Trinajstić information content (AvgIpc) is 2.35. The van der Waals surface area contributed by atoms with E-state index in [-0.39, 0.29) is 5.82 Å². The lowest BCUT2D eigenvalue weighted by Gasteiger charge is -2.38. The van der Waals surface area contributed by atoms with Crippen molar-refractivity contribution in [1.82, 2.24) is 4.90 Å². The van der Waals surface area contributed by atoms with Gasteiger partial charge >= 0.3 is 0 Å². The van der Waals surface area contributed by atoms with Crippen LogP contribution in [0.25, 0.3) is 0 Å². The molecule has 2 nitrogen and oxygen atoms in total. The second kappa shape index (κ2) is 5.55. The molecule has 1 aromatic rings. The lowest BCUT2D eigenvalue weighted by atomic mass is 9.85. The molecule has 4 heteroatoms. The smallest absolute Gasteiger partial charge is 0.126 e. The molecule has 100 valence electrons. The Morgan fingerprint density at radius 1 is 1.39 bits per heavy atom. The van der Waals surface area contributed by atoms with Crippen molar-refractivity contribution in [2.45, 2.75) is 31.8 Å². The minimum Gasteiger partial charge on any atom is -0.389 e. The molecule has 2 rings (SSSR count). The summed E-state index contributed by atoms with van der Waals surface area (Å²) < 4.78 is 13.7. The number of aliphatic hydroxyl groups is 1. The molecule has 0 aromatic heterocycles. The first-order chi connectivity index (χ1) is 8.52. The summed E-state index contributed by atoms with van der Waals surface area (Å²) in [5.41, 5.74) is -0.285. The zero-order valence-electron chi connectivity index (χ0n) is 10.6. The predicted octanol–water partition coefficient (Wildman–Crippen LogP) is 2.87. The highest BCUT2D eigenvalue weighted by Crippen LogP contribution is 2.28. The molecule has 1 saturated heterocycles. The Bertz CT molecular complexity index is 416. The van der Waals surface area contributed by atoms with E-state index in [0.717, 1.165) is 19.6 Å². The van der Waals surface area contributed by atoms with Crippen molar-refractivity contribution in [2.24, 2.45) is 0 Å². The van der Waals surface area contributed by atoms with Crippen molar-refractivity contribution >= 4 is 11.6 Å². The van der Waals surface area contributed by atoms with Crippen molar-refractivity contribution in [3.63, 3.8) is 0 Å². The highest BCUT2D eigenvalue weighted by molar-refractivity contribution is 6.30. The van der Waals surface area contributed by atoms with Crippen LogP contribution in [0.3, 0.4) is 0 Å². The van der Waals surface area contributed by atoms with Crippen LogP contribution in [0.1, 0.15) is 25.3 Å². The number of hydrogen-bond acceptors (Lipinski definition) is 2. The number of halogens is 2. The zero-order valence-corrected chi connectivity index (χ0v) is 11.4. The van der Waals surface area contributed by atoms with E-state index in [1.165, 1.54) is 12.1 Å². The van der Waals surface area contributed by atoms with Gasteiger partial charge in [-0.05, 0) is 43.1 Å². The van der Waals surface area contributed by atoms with Crippen LogP contribution >= 0.6 is 11.6 Å². The van der Waals surface area contributed by atoms with Crippen LogP contribution in [-0.2, 0) is 6.42 Å². The zero-order chi connectivity index (χ0) is 13.2. The largest absolute Gasteiger partial charge is 0.389 e. The van der Waals surface area contributed by atoms with Crippen LogP contribution in [-0.4, -0.2) is 35.2 Å².